The highest BCUT2D eigenvalue weighted by molar-refractivity contribution is 9.11. The van der Waals surface area contributed by atoms with Crippen molar-refractivity contribution >= 4 is 27.3 Å². The van der Waals surface area contributed by atoms with Crippen LogP contribution in [0.2, 0.25) is 0 Å². The normalized spacial score (nSPS) is 9.43. The third-order valence-corrected chi connectivity index (χ3v) is 2.59. The molecular formula is C4H5BrNS+. The first-order chi connectivity index (χ1) is 3.30. The summed E-state index contributed by atoms with van der Waals surface area (Å²) in [6, 6.07) is 0. The maximum absolute atomic E-state index is 3.35. The van der Waals surface area contributed by atoms with Crippen molar-refractivity contribution in [1.29, 1.82) is 0 Å². The van der Waals surface area contributed by atoms with E-state index in [2.05, 4.69) is 15.9 Å². The molecule has 0 spiro atoms. The van der Waals surface area contributed by atoms with E-state index in [0.29, 0.717) is 0 Å². The van der Waals surface area contributed by atoms with Crippen LogP contribution in [-0.2, 0) is 7.05 Å². The largest absolute Gasteiger partial charge is 0.304 e. The zero-order valence-electron chi connectivity index (χ0n) is 3.89. The number of hydrogen-bond donors (Lipinski definition) is 0. The topological polar surface area (TPSA) is 3.88 Å². The van der Waals surface area contributed by atoms with Crippen molar-refractivity contribution in [1.82, 2.24) is 0 Å². The molecule has 0 unspecified atom stereocenters. The Bertz CT molecular complexity index is 144. The average Bonchev–Trinajstić information content (AvgIpc) is 1.91. The molecule has 0 saturated carbocycles. The highest BCUT2D eigenvalue weighted by atomic mass is 79.9. The predicted molar refractivity (Wildman–Crippen MR) is 33.2 cm³/mol. The molecule has 7 heavy (non-hydrogen) atoms. The molecule has 3 heteroatoms. The lowest BCUT2D eigenvalue weighted by molar-refractivity contribution is -0.677. The van der Waals surface area contributed by atoms with Crippen LogP contribution >= 0.6 is 27.3 Å². The molecule has 0 atom stereocenters. The first kappa shape index (κ1) is 5.25. The molecule has 0 amide bonds. The van der Waals surface area contributed by atoms with Crippen molar-refractivity contribution in [2.24, 2.45) is 7.05 Å². The van der Waals surface area contributed by atoms with Gasteiger partial charge in [0.2, 0.25) is 0 Å². The van der Waals surface area contributed by atoms with Crippen molar-refractivity contribution in [3.63, 3.8) is 0 Å². The van der Waals surface area contributed by atoms with E-state index in [0.717, 1.165) is 3.92 Å². The quantitative estimate of drug-likeness (QED) is 0.529. The molecule has 0 aliphatic rings. The monoisotopic (exact) mass is 178 g/mol. The maximum atomic E-state index is 3.35. The molecule has 1 aromatic heterocycles. The van der Waals surface area contributed by atoms with Gasteiger partial charge >= 0.3 is 3.92 Å². The number of hydrogen-bond acceptors (Lipinski definition) is 1. The van der Waals surface area contributed by atoms with Crippen molar-refractivity contribution < 1.29 is 4.57 Å². The van der Waals surface area contributed by atoms with E-state index in [1.165, 1.54) is 0 Å². The lowest BCUT2D eigenvalue weighted by Gasteiger charge is -1.71. The van der Waals surface area contributed by atoms with Gasteiger partial charge in [0, 0.05) is 15.9 Å². The first-order valence-electron chi connectivity index (χ1n) is 1.89. The Hall–Kier alpha value is 0.110. The fourth-order valence-corrected chi connectivity index (χ4v) is 1.34. The summed E-state index contributed by atoms with van der Waals surface area (Å²) >= 11 is 5.03. The number of halogens is 1. The summed E-state index contributed by atoms with van der Waals surface area (Å²) in [5, 5.41) is 2.03. The summed E-state index contributed by atoms with van der Waals surface area (Å²) in [7, 11) is 2.00. The molecule has 1 nitrogen and oxygen atoms in total. The van der Waals surface area contributed by atoms with E-state index in [9.17, 15) is 0 Å². The van der Waals surface area contributed by atoms with Gasteiger partial charge in [-0.1, -0.05) is 11.3 Å². The van der Waals surface area contributed by atoms with Gasteiger partial charge in [-0.25, -0.2) is 0 Å². The molecule has 0 bridgehead atoms. The van der Waals surface area contributed by atoms with Crippen LogP contribution in [0.4, 0.5) is 0 Å². The van der Waals surface area contributed by atoms with Gasteiger partial charge in [-0.05, 0) is 0 Å². The number of rotatable bonds is 0. The summed E-state index contributed by atoms with van der Waals surface area (Å²) in [6.07, 6.45) is 2.01. The van der Waals surface area contributed by atoms with Gasteiger partial charge in [0.1, 0.15) is 7.05 Å². The summed E-state index contributed by atoms with van der Waals surface area (Å²) in [6.45, 7) is 0. The predicted octanol–water partition coefficient (Wildman–Crippen LogP) is 1.34. The van der Waals surface area contributed by atoms with Gasteiger partial charge < -0.3 is 0 Å². The van der Waals surface area contributed by atoms with E-state index in [4.69, 9.17) is 0 Å². The van der Waals surface area contributed by atoms with E-state index >= 15 is 0 Å². The highest BCUT2D eigenvalue weighted by Gasteiger charge is 1.98. The second-order valence-corrected chi connectivity index (χ2v) is 3.44. The molecule has 0 N–H and O–H groups in total. The molecule has 1 heterocycles. The molecule has 38 valence electrons. The summed E-state index contributed by atoms with van der Waals surface area (Å²) in [4.78, 5) is 0. The first-order valence-corrected chi connectivity index (χ1v) is 3.56. The van der Waals surface area contributed by atoms with Gasteiger partial charge in [0.15, 0.2) is 6.20 Å². The third kappa shape index (κ3) is 1.01. The Balaban J connectivity index is 3.12. The molecule has 0 radical (unpaired) electrons. The molecule has 1 rings (SSSR count). The van der Waals surface area contributed by atoms with E-state index < -0.39 is 0 Å². The summed E-state index contributed by atoms with van der Waals surface area (Å²) in [5.41, 5.74) is 0. The zero-order valence-corrected chi connectivity index (χ0v) is 6.29. The molecule has 0 saturated heterocycles. The van der Waals surface area contributed by atoms with Gasteiger partial charge in [-0.2, -0.15) is 4.57 Å². The standard InChI is InChI=1S/C4H5BrNS/c1-6-2-3-7-4(6)5/h2-3H,1H3/q+1. The minimum absolute atomic E-state index is 1.16. The van der Waals surface area contributed by atoms with Crippen LogP contribution in [0.5, 0.6) is 0 Å². The highest BCUT2D eigenvalue weighted by Crippen LogP contribution is 2.07. The van der Waals surface area contributed by atoms with Crippen molar-refractivity contribution in [3.8, 4) is 0 Å². The number of nitrogens with zero attached hydrogens (tertiary/aromatic N) is 1. The molecular weight excluding hydrogens is 174 g/mol. The smallest absolute Gasteiger partial charge is 0.186 e. The number of aryl methyl sites for hydroxylation is 1. The molecule has 0 fully saturated rings. The van der Waals surface area contributed by atoms with Gasteiger partial charge in [-0.3, -0.25) is 0 Å². The van der Waals surface area contributed by atoms with Gasteiger partial charge in [0.05, 0.1) is 5.38 Å². The van der Waals surface area contributed by atoms with Crippen LogP contribution in [-0.4, -0.2) is 0 Å². The molecule has 0 aliphatic heterocycles. The lowest BCUT2D eigenvalue weighted by atomic mass is 10.9. The van der Waals surface area contributed by atoms with Crippen LogP contribution in [0.1, 0.15) is 0 Å². The second-order valence-electron chi connectivity index (χ2n) is 1.27. The van der Waals surface area contributed by atoms with E-state index in [-0.39, 0.29) is 0 Å². The number of aromatic nitrogens is 1. The van der Waals surface area contributed by atoms with Crippen LogP contribution in [0.25, 0.3) is 0 Å². The Labute approximate surface area is 54.7 Å². The van der Waals surface area contributed by atoms with Crippen LogP contribution in [0, 0.1) is 0 Å². The maximum Gasteiger partial charge on any atom is 0.304 e. The van der Waals surface area contributed by atoms with Gasteiger partial charge in [0.25, 0.3) is 0 Å². The van der Waals surface area contributed by atoms with Gasteiger partial charge in [-0.15, -0.1) is 0 Å². The number of thiazole rings is 1. The van der Waals surface area contributed by atoms with Crippen molar-refractivity contribution in [3.05, 3.63) is 15.5 Å². The van der Waals surface area contributed by atoms with Crippen molar-refractivity contribution in [2.45, 2.75) is 0 Å². The Kier molecular flexibility index (Phi) is 1.44. The fraction of sp³-hybridized carbons (Fsp3) is 0.250. The summed E-state index contributed by atoms with van der Waals surface area (Å²) < 4.78 is 3.18. The Morgan fingerprint density at radius 1 is 1.86 bits per heavy atom. The minimum Gasteiger partial charge on any atom is -0.186 e. The van der Waals surface area contributed by atoms with E-state index in [1.807, 2.05) is 23.2 Å². The SMILES string of the molecule is C[n+]1ccsc1Br. The molecule has 0 aliphatic carbocycles. The molecule has 0 aromatic carbocycles. The van der Waals surface area contributed by atoms with Crippen LogP contribution in [0.3, 0.4) is 0 Å². The Morgan fingerprint density at radius 3 is 2.71 bits per heavy atom. The Morgan fingerprint density at radius 2 is 2.57 bits per heavy atom. The fourth-order valence-electron chi connectivity index (χ4n) is 0.320. The zero-order chi connectivity index (χ0) is 5.28. The second kappa shape index (κ2) is 1.92. The average molecular weight is 179 g/mol. The lowest BCUT2D eigenvalue weighted by Crippen LogP contribution is -2.24. The molecule has 1 aromatic rings. The summed E-state index contributed by atoms with van der Waals surface area (Å²) in [5.74, 6) is 0. The van der Waals surface area contributed by atoms with Crippen LogP contribution < -0.4 is 4.57 Å². The van der Waals surface area contributed by atoms with Crippen LogP contribution in [0.15, 0.2) is 15.5 Å². The minimum atomic E-state index is 1.16. The third-order valence-electron chi connectivity index (χ3n) is 0.727. The van der Waals surface area contributed by atoms with E-state index in [1.54, 1.807) is 11.3 Å². The van der Waals surface area contributed by atoms with Crippen molar-refractivity contribution in [2.75, 3.05) is 0 Å².